The quantitative estimate of drug-likeness (QED) is 0.182. The van der Waals surface area contributed by atoms with E-state index >= 15 is 0 Å². The van der Waals surface area contributed by atoms with Crippen LogP contribution in [-0.4, -0.2) is 19.1 Å². The van der Waals surface area contributed by atoms with Crippen LogP contribution in [0.1, 0.15) is 0 Å². The van der Waals surface area contributed by atoms with E-state index in [9.17, 15) is 0 Å². The van der Waals surface area contributed by atoms with Crippen LogP contribution in [0.4, 0.5) is 0 Å². The number of para-hydroxylation sites is 4. The molecule has 4 nitrogen and oxygen atoms in total. The molecule has 0 aliphatic heterocycles. The van der Waals surface area contributed by atoms with E-state index in [0.29, 0.717) is 5.95 Å². The van der Waals surface area contributed by atoms with Crippen LogP contribution in [0.2, 0.25) is 0 Å². The first-order valence-electron chi connectivity index (χ1n) is 19.1. The van der Waals surface area contributed by atoms with Crippen LogP contribution in [0.25, 0.3) is 110 Å². The van der Waals surface area contributed by atoms with Gasteiger partial charge < -0.3 is 4.57 Å². The number of fused-ring (bicyclic) bond motifs is 12. The monoisotopic (exact) mass is 712 g/mol. The highest BCUT2D eigenvalue weighted by Gasteiger charge is 2.25. The molecule has 0 saturated carbocycles. The molecule has 3 heterocycles. The normalized spacial score (nSPS) is 11.9. The van der Waals surface area contributed by atoms with Crippen LogP contribution in [0.3, 0.4) is 0 Å². The third-order valence-corrected chi connectivity index (χ3v) is 11.5. The van der Waals surface area contributed by atoms with Gasteiger partial charge in [0.25, 0.3) is 0 Å². The molecule has 0 N–H and O–H groups in total. The Morgan fingerprint density at radius 1 is 0.339 bits per heavy atom. The Kier molecular flexibility index (Phi) is 6.60. The van der Waals surface area contributed by atoms with Crippen molar-refractivity contribution in [3.8, 4) is 34.0 Å². The largest absolute Gasteiger partial charge is 0.309 e. The van der Waals surface area contributed by atoms with Gasteiger partial charge in [0, 0.05) is 49.0 Å². The lowest BCUT2D eigenvalue weighted by Crippen LogP contribution is -2.04. The zero-order valence-corrected chi connectivity index (χ0v) is 30.3. The lowest BCUT2D eigenvalue weighted by Gasteiger charge is -2.14. The zero-order valence-electron chi connectivity index (χ0n) is 30.3. The maximum Gasteiger partial charge on any atom is 0.235 e. The van der Waals surface area contributed by atoms with Crippen LogP contribution >= 0.6 is 0 Å². The lowest BCUT2D eigenvalue weighted by molar-refractivity contribution is 1.02. The maximum absolute atomic E-state index is 5.51. The van der Waals surface area contributed by atoms with Gasteiger partial charge >= 0.3 is 0 Å². The second-order valence-corrected chi connectivity index (χ2v) is 14.6. The summed E-state index contributed by atoms with van der Waals surface area (Å²) in [5.41, 5.74) is 10.9. The second kappa shape index (κ2) is 12.0. The number of nitrogens with zero attached hydrogens (tertiary/aromatic N) is 4. The van der Waals surface area contributed by atoms with Gasteiger partial charge in [0.2, 0.25) is 5.95 Å². The lowest BCUT2D eigenvalue weighted by atomic mass is 9.99. The number of hydrogen-bond donors (Lipinski definition) is 0. The second-order valence-electron chi connectivity index (χ2n) is 14.6. The molecule has 0 aliphatic carbocycles. The van der Waals surface area contributed by atoms with Gasteiger partial charge in [-0.2, -0.15) is 0 Å². The summed E-state index contributed by atoms with van der Waals surface area (Å²) < 4.78 is 4.74. The molecule has 0 atom stereocenters. The predicted octanol–water partition coefficient (Wildman–Crippen LogP) is 13.5. The summed E-state index contributed by atoms with van der Waals surface area (Å²) in [5, 5.41) is 10.7. The highest BCUT2D eigenvalue weighted by Crippen LogP contribution is 2.47. The van der Waals surface area contributed by atoms with E-state index in [4.69, 9.17) is 9.97 Å². The van der Waals surface area contributed by atoms with Crippen LogP contribution in [-0.2, 0) is 0 Å². The highest BCUT2D eigenvalue weighted by atomic mass is 15.2. The van der Waals surface area contributed by atoms with Crippen molar-refractivity contribution in [2.24, 2.45) is 0 Å². The third kappa shape index (κ3) is 4.47. The van der Waals surface area contributed by atoms with Crippen LogP contribution in [0.15, 0.2) is 194 Å². The average Bonchev–Trinajstić information content (AvgIpc) is 3.80. The van der Waals surface area contributed by atoms with Gasteiger partial charge in [-0.15, -0.1) is 0 Å². The topological polar surface area (TPSA) is 35.6 Å². The molecule has 260 valence electrons. The molecule has 0 amide bonds. The molecule has 3 aromatic heterocycles. The molecule has 4 heteroatoms. The summed E-state index contributed by atoms with van der Waals surface area (Å²) in [5.74, 6) is 0.653. The minimum absolute atomic E-state index is 0.653. The molecular weight excluding hydrogens is 681 g/mol. The molecule has 56 heavy (non-hydrogen) atoms. The van der Waals surface area contributed by atoms with Gasteiger partial charge in [0.1, 0.15) is 0 Å². The third-order valence-electron chi connectivity index (χ3n) is 11.5. The van der Waals surface area contributed by atoms with E-state index in [1.165, 1.54) is 59.9 Å². The fraction of sp³-hybridized carbons (Fsp3) is 0. The Bertz CT molecular complexity index is 3520. The van der Waals surface area contributed by atoms with Crippen molar-refractivity contribution >= 4 is 76.1 Å². The van der Waals surface area contributed by atoms with Crippen LogP contribution < -0.4 is 0 Å². The molecule has 0 fully saturated rings. The van der Waals surface area contributed by atoms with E-state index in [1.54, 1.807) is 0 Å². The smallest absolute Gasteiger partial charge is 0.235 e. The Morgan fingerprint density at radius 2 is 0.857 bits per heavy atom. The van der Waals surface area contributed by atoms with Gasteiger partial charge in [0.15, 0.2) is 0 Å². The van der Waals surface area contributed by atoms with E-state index in [1.807, 2.05) is 0 Å². The van der Waals surface area contributed by atoms with Crippen LogP contribution in [0.5, 0.6) is 0 Å². The minimum atomic E-state index is 0.653. The molecule has 12 aromatic rings. The van der Waals surface area contributed by atoms with Gasteiger partial charge in [-0.1, -0.05) is 158 Å². The Balaban J connectivity index is 1.16. The highest BCUT2D eigenvalue weighted by molar-refractivity contribution is 6.37. The molecule has 0 saturated heterocycles. The Labute approximate surface area is 322 Å². The number of hydrogen-bond acceptors (Lipinski definition) is 2. The van der Waals surface area contributed by atoms with Gasteiger partial charge in [-0.05, 0) is 58.3 Å². The summed E-state index contributed by atoms with van der Waals surface area (Å²) in [6.07, 6.45) is 0. The van der Waals surface area contributed by atoms with Gasteiger partial charge in [0.05, 0.1) is 33.3 Å². The van der Waals surface area contributed by atoms with Crippen molar-refractivity contribution < 1.29 is 0 Å². The SMILES string of the molecule is c1ccc(-n2c3ccccc3c3c4c5ccccc5n(-c5nc(-c6ccc(-c7ccc8ccccc8c7)cc6)c6ccccc6n5)c4c4ccccc4c32)cc1. The zero-order chi connectivity index (χ0) is 36.7. The fourth-order valence-electron chi connectivity index (χ4n) is 9.02. The van der Waals surface area contributed by atoms with E-state index in [2.05, 4.69) is 203 Å². The molecule has 0 aliphatic rings. The molecule has 0 bridgehead atoms. The van der Waals surface area contributed by atoms with Crippen LogP contribution in [0, 0.1) is 0 Å². The Hall–Kier alpha value is -7.56. The molecular formula is C52H32N4. The average molecular weight is 713 g/mol. The minimum Gasteiger partial charge on any atom is -0.309 e. The summed E-state index contributed by atoms with van der Waals surface area (Å²) in [6, 6.07) is 69.5. The number of benzene rings is 9. The number of aromatic nitrogens is 4. The molecule has 0 unspecified atom stereocenters. The van der Waals surface area contributed by atoms with Crippen molar-refractivity contribution in [1.82, 2.24) is 19.1 Å². The maximum atomic E-state index is 5.51. The van der Waals surface area contributed by atoms with Crippen molar-refractivity contribution in [1.29, 1.82) is 0 Å². The standard InChI is InChI=1S/C52H32N4/c1-2-16-38(17-3-1)55-45-24-12-9-21-42(45)47-48-43-22-10-13-25-46(43)56(51(48)40-19-7-6-18-39(40)50(47)55)52-53-44-23-11-8-20-41(44)49(54-52)35-29-26-34(27-30-35)37-31-28-33-14-4-5-15-36(33)32-37/h1-32H. The van der Waals surface area contributed by atoms with Gasteiger partial charge in [-0.25, -0.2) is 9.97 Å². The number of rotatable bonds is 4. The Morgan fingerprint density at radius 3 is 1.57 bits per heavy atom. The first-order chi connectivity index (χ1) is 27.8. The molecule has 0 radical (unpaired) electrons. The predicted molar refractivity (Wildman–Crippen MR) is 234 cm³/mol. The van der Waals surface area contributed by atoms with Crippen molar-refractivity contribution in [3.05, 3.63) is 194 Å². The summed E-state index contributed by atoms with van der Waals surface area (Å²) >= 11 is 0. The molecule has 9 aromatic carbocycles. The van der Waals surface area contributed by atoms with Crippen molar-refractivity contribution in [2.45, 2.75) is 0 Å². The summed E-state index contributed by atoms with van der Waals surface area (Å²) in [4.78, 5) is 10.9. The first kappa shape index (κ1) is 30.9. The molecule has 0 spiro atoms. The summed E-state index contributed by atoms with van der Waals surface area (Å²) in [7, 11) is 0. The van der Waals surface area contributed by atoms with E-state index in [-0.39, 0.29) is 0 Å². The van der Waals surface area contributed by atoms with E-state index < -0.39 is 0 Å². The van der Waals surface area contributed by atoms with E-state index in [0.717, 1.165) is 44.3 Å². The van der Waals surface area contributed by atoms with Gasteiger partial charge in [-0.3, -0.25) is 4.57 Å². The first-order valence-corrected chi connectivity index (χ1v) is 19.1. The van der Waals surface area contributed by atoms with Crippen molar-refractivity contribution in [2.75, 3.05) is 0 Å². The summed E-state index contributed by atoms with van der Waals surface area (Å²) in [6.45, 7) is 0. The molecule has 12 rings (SSSR count). The fourth-order valence-corrected chi connectivity index (χ4v) is 9.02. The van der Waals surface area contributed by atoms with Crippen molar-refractivity contribution in [3.63, 3.8) is 0 Å².